The van der Waals surface area contributed by atoms with Crippen LogP contribution in [0.1, 0.15) is 23.2 Å². The smallest absolute Gasteiger partial charge is 0.265 e. The maximum Gasteiger partial charge on any atom is 0.265 e. The summed E-state index contributed by atoms with van der Waals surface area (Å²) in [6, 6.07) is 0.990. The van der Waals surface area contributed by atoms with Gasteiger partial charge >= 0.3 is 0 Å². The summed E-state index contributed by atoms with van der Waals surface area (Å²) in [5, 5.41) is 23.8. The SMILES string of the molecule is CNCC1CC1.CO[NH2+]c1c(O)c(O)cc(Cl)c1C(=O)NC=O. The van der Waals surface area contributed by atoms with Gasteiger partial charge in [-0.3, -0.25) is 14.9 Å². The average molecular weight is 347 g/mol. The zero-order valence-corrected chi connectivity index (χ0v) is 13.7. The Hall–Kier alpha value is -1.87. The lowest BCUT2D eigenvalue weighted by molar-refractivity contribution is -0.830. The van der Waals surface area contributed by atoms with Gasteiger partial charge in [-0.25, -0.2) is 4.84 Å². The van der Waals surface area contributed by atoms with Crippen LogP contribution in [-0.4, -0.2) is 43.2 Å². The van der Waals surface area contributed by atoms with Crippen LogP contribution in [0.4, 0.5) is 5.69 Å². The van der Waals surface area contributed by atoms with E-state index in [2.05, 4.69) is 10.2 Å². The predicted octanol–water partition coefficient (Wildman–Crippen LogP) is 0.00950. The number of carbonyl (C=O) groups is 2. The fourth-order valence-corrected chi connectivity index (χ4v) is 2.14. The van der Waals surface area contributed by atoms with Crippen LogP contribution in [0.3, 0.4) is 0 Å². The van der Waals surface area contributed by atoms with Gasteiger partial charge in [0.05, 0.1) is 12.1 Å². The van der Waals surface area contributed by atoms with Gasteiger partial charge in [-0.15, -0.1) is 0 Å². The van der Waals surface area contributed by atoms with Gasteiger partial charge in [0.1, 0.15) is 5.56 Å². The third-order valence-electron chi connectivity index (χ3n) is 3.11. The standard InChI is InChI=1S/C9H9ClN2O5.C5H11N/c1-17-12-7-6(9(16)11-3-13)4(10)2-5(14)8(7)15;1-6-4-5-2-3-5/h2-3,12,14-15H,1H3,(H,11,13,16);5-6H,2-4H2,1H3/p+1. The average Bonchev–Trinajstić information content (AvgIpc) is 3.30. The molecule has 0 bridgehead atoms. The molecular formula is C14H21ClN3O5+. The molecule has 2 rings (SSSR count). The number of benzene rings is 1. The molecule has 9 heteroatoms. The quantitative estimate of drug-likeness (QED) is 0.214. The number of imide groups is 1. The summed E-state index contributed by atoms with van der Waals surface area (Å²) in [6.45, 7) is 1.24. The molecule has 0 spiro atoms. The van der Waals surface area contributed by atoms with E-state index in [4.69, 9.17) is 11.6 Å². The highest BCUT2D eigenvalue weighted by molar-refractivity contribution is 6.35. The summed E-state index contributed by atoms with van der Waals surface area (Å²) < 4.78 is 0. The molecule has 2 amide bonds. The lowest BCUT2D eigenvalue weighted by Crippen LogP contribution is -2.76. The Morgan fingerprint density at radius 2 is 2.17 bits per heavy atom. The van der Waals surface area contributed by atoms with Gasteiger partial charge in [0, 0.05) is 6.07 Å². The summed E-state index contributed by atoms with van der Waals surface area (Å²) in [5.74, 6) is -0.841. The minimum Gasteiger partial charge on any atom is -0.504 e. The van der Waals surface area contributed by atoms with E-state index >= 15 is 0 Å². The zero-order valence-electron chi connectivity index (χ0n) is 12.9. The monoisotopic (exact) mass is 346 g/mol. The molecule has 0 aromatic heterocycles. The number of carbonyl (C=O) groups excluding carboxylic acids is 2. The molecule has 23 heavy (non-hydrogen) atoms. The van der Waals surface area contributed by atoms with E-state index in [1.54, 1.807) is 0 Å². The zero-order chi connectivity index (χ0) is 17.4. The van der Waals surface area contributed by atoms with Crippen LogP contribution in [0.25, 0.3) is 0 Å². The van der Waals surface area contributed by atoms with Crippen LogP contribution >= 0.6 is 11.6 Å². The highest BCUT2D eigenvalue weighted by atomic mass is 35.5. The Labute approximate surface area is 138 Å². The fourth-order valence-electron chi connectivity index (χ4n) is 1.85. The van der Waals surface area contributed by atoms with Crippen molar-refractivity contribution in [2.45, 2.75) is 12.8 Å². The molecule has 0 aliphatic heterocycles. The number of nitrogens with one attached hydrogen (secondary N) is 2. The molecule has 1 aliphatic rings. The number of phenolic OH excluding ortho intramolecular Hbond substituents is 2. The Morgan fingerprint density at radius 3 is 2.61 bits per heavy atom. The highest BCUT2D eigenvalue weighted by Gasteiger charge is 2.25. The van der Waals surface area contributed by atoms with E-state index in [1.165, 1.54) is 26.5 Å². The van der Waals surface area contributed by atoms with Crippen molar-refractivity contribution in [2.24, 2.45) is 5.92 Å². The molecule has 0 saturated heterocycles. The number of rotatable bonds is 6. The van der Waals surface area contributed by atoms with Crippen molar-refractivity contribution in [3.05, 3.63) is 16.7 Å². The maximum atomic E-state index is 11.5. The van der Waals surface area contributed by atoms with Crippen molar-refractivity contribution in [1.82, 2.24) is 10.6 Å². The molecule has 1 saturated carbocycles. The lowest BCUT2D eigenvalue weighted by atomic mass is 10.1. The summed E-state index contributed by atoms with van der Waals surface area (Å²) in [4.78, 5) is 26.4. The van der Waals surface area contributed by atoms with Crippen molar-refractivity contribution in [2.75, 3.05) is 20.7 Å². The van der Waals surface area contributed by atoms with Crippen molar-refractivity contribution in [3.8, 4) is 11.5 Å². The van der Waals surface area contributed by atoms with Gasteiger partial charge in [-0.1, -0.05) is 11.6 Å². The number of aromatic hydroxyl groups is 2. The van der Waals surface area contributed by atoms with E-state index in [1.807, 2.05) is 12.4 Å². The van der Waals surface area contributed by atoms with E-state index in [9.17, 15) is 19.8 Å². The number of hydrogen-bond donors (Lipinski definition) is 5. The number of halogens is 1. The summed E-state index contributed by atoms with van der Waals surface area (Å²) >= 11 is 5.75. The van der Waals surface area contributed by atoms with Crippen molar-refractivity contribution < 1.29 is 30.1 Å². The Kier molecular flexibility index (Phi) is 7.76. The molecule has 1 aromatic carbocycles. The summed E-state index contributed by atoms with van der Waals surface area (Å²) in [6.07, 6.45) is 3.10. The molecule has 1 fully saturated rings. The Balaban J connectivity index is 0.000000366. The van der Waals surface area contributed by atoms with Crippen LogP contribution in [0.15, 0.2) is 6.07 Å². The lowest BCUT2D eigenvalue weighted by Gasteiger charge is -2.09. The number of hydrogen-bond acceptors (Lipinski definition) is 6. The van der Waals surface area contributed by atoms with Crippen LogP contribution in [0.2, 0.25) is 5.02 Å². The summed E-state index contributed by atoms with van der Waals surface area (Å²) in [7, 11) is 3.30. The normalized spacial score (nSPS) is 13.0. The van der Waals surface area contributed by atoms with Crippen LogP contribution in [0.5, 0.6) is 11.5 Å². The molecule has 1 aliphatic carbocycles. The van der Waals surface area contributed by atoms with Crippen molar-refractivity contribution in [3.63, 3.8) is 0 Å². The molecule has 6 N–H and O–H groups in total. The first kappa shape index (κ1) is 19.2. The summed E-state index contributed by atoms with van der Waals surface area (Å²) in [5.41, 5.74) is 0.744. The maximum absolute atomic E-state index is 11.5. The number of nitrogens with two attached hydrogens (primary N) is 1. The van der Waals surface area contributed by atoms with E-state index in [0.717, 1.165) is 17.5 Å². The van der Waals surface area contributed by atoms with Crippen LogP contribution in [0, 0.1) is 5.92 Å². The third kappa shape index (κ3) is 5.68. The molecular weight excluding hydrogens is 326 g/mol. The van der Waals surface area contributed by atoms with Gasteiger partial charge < -0.3 is 15.5 Å². The number of amides is 2. The Bertz CT molecular complexity index is 564. The molecule has 0 heterocycles. The minimum absolute atomic E-state index is 0.114. The van der Waals surface area contributed by atoms with E-state index in [-0.39, 0.29) is 22.7 Å². The molecule has 0 unspecified atom stereocenters. The second-order valence-electron chi connectivity index (χ2n) is 4.96. The minimum atomic E-state index is -0.816. The topological polar surface area (TPSA) is 124 Å². The van der Waals surface area contributed by atoms with E-state index < -0.39 is 17.4 Å². The van der Waals surface area contributed by atoms with Gasteiger partial charge in [0.25, 0.3) is 5.91 Å². The van der Waals surface area contributed by atoms with E-state index in [0.29, 0.717) is 0 Å². The first-order valence-corrected chi connectivity index (χ1v) is 7.33. The van der Waals surface area contributed by atoms with Gasteiger partial charge in [-0.2, -0.15) is 5.48 Å². The first-order chi connectivity index (χ1) is 11.0. The van der Waals surface area contributed by atoms with Crippen LogP contribution in [-0.2, 0) is 9.63 Å². The Morgan fingerprint density at radius 1 is 1.52 bits per heavy atom. The van der Waals surface area contributed by atoms with Crippen LogP contribution < -0.4 is 16.1 Å². The van der Waals surface area contributed by atoms with Gasteiger partial charge in [0.2, 0.25) is 17.8 Å². The molecule has 0 radical (unpaired) electrons. The third-order valence-corrected chi connectivity index (χ3v) is 3.41. The largest absolute Gasteiger partial charge is 0.504 e. The number of quaternary nitrogens is 1. The van der Waals surface area contributed by atoms with Crippen molar-refractivity contribution in [1.29, 1.82) is 0 Å². The predicted molar refractivity (Wildman–Crippen MR) is 83.6 cm³/mol. The molecule has 128 valence electrons. The van der Waals surface area contributed by atoms with Crippen molar-refractivity contribution >= 4 is 29.6 Å². The highest BCUT2D eigenvalue weighted by Crippen LogP contribution is 2.37. The molecule has 1 aromatic rings. The second-order valence-corrected chi connectivity index (χ2v) is 5.37. The number of phenols is 2. The van der Waals surface area contributed by atoms with Gasteiger partial charge in [0.15, 0.2) is 5.75 Å². The fraction of sp³-hybridized carbons (Fsp3) is 0.429. The molecule has 0 atom stereocenters. The molecule has 8 nitrogen and oxygen atoms in total. The second kappa shape index (κ2) is 9.31. The van der Waals surface area contributed by atoms with Gasteiger partial charge in [-0.05, 0) is 32.4 Å². The first-order valence-electron chi connectivity index (χ1n) is 6.95.